The number of nitrogens with zero attached hydrogens (tertiary/aromatic N) is 1. The van der Waals surface area contributed by atoms with Crippen molar-refractivity contribution in [3.8, 4) is 17.2 Å². The van der Waals surface area contributed by atoms with E-state index >= 15 is 0 Å². The Morgan fingerprint density at radius 2 is 1.79 bits per heavy atom. The van der Waals surface area contributed by atoms with E-state index in [4.69, 9.17) is 25.8 Å². The number of hydrogen-bond donors (Lipinski definition) is 1. The van der Waals surface area contributed by atoms with E-state index < -0.39 is 0 Å². The third-order valence-corrected chi connectivity index (χ3v) is 6.20. The standard InChI is InChI=1S/C25H23ClN2O5/c26-19-2-4-21-18(12-19)11-16(14-31-21)1-6-24(29)28-9-7-17(8-10-28)25(30)27-20-3-5-22-23(13-20)33-15-32-22/h1-6,11-13,17H,7-10,14-15H2,(H,27,30)/b6-1-. The van der Waals surface area contributed by atoms with Gasteiger partial charge in [-0.1, -0.05) is 17.7 Å². The number of amides is 2. The molecule has 2 aromatic rings. The van der Waals surface area contributed by atoms with Gasteiger partial charge in [-0.15, -0.1) is 0 Å². The molecule has 0 radical (unpaired) electrons. The summed E-state index contributed by atoms with van der Waals surface area (Å²) in [4.78, 5) is 27.1. The van der Waals surface area contributed by atoms with Crippen molar-refractivity contribution < 1.29 is 23.8 Å². The Morgan fingerprint density at radius 3 is 2.64 bits per heavy atom. The minimum atomic E-state index is -0.140. The minimum absolute atomic E-state index is 0.0432. The maximum absolute atomic E-state index is 12.7. The van der Waals surface area contributed by atoms with Gasteiger partial charge in [0.15, 0.2) is 11.5 Å². The van der Waals surface area contributed by atoms with Crippen LogP contribution in [0.25, 0.3) is 6.08 Å². The molecule has 0 saturated carbocycles. The smallest absolute Gasteiger partial charge is 0.246 e. The van der Waals surface area contributed by atoms with Crippen LogP contribution in [0.4, 0.5) is 5.69 Å². The first-order chi connectivity index (χ1) is 16.0. The quantitative estimate of drug-likeness (QED) is 0.680. The second-order valence-corrected chi connectivity index (χ2v) is 8.62. The normalized spacial score (nSPS) is 17.4. The number of anilines is 1. The van der Waals surface area contributed by atoms with Gasteiger partial charge in [-0.25, -0.2) is 0 Å². The largest absolute Gasteiger partial charge is 0.488 e. The van der Waals surface area contributed by atoms with Crippen molar-refractivity contribution in [3.05, 3.63) is 64.7 Å². The van der Waals surface area contributed by atoms with E-state index in [1.807, 2.05) is 18.2 Å². The Bertz CT molecular complexity index is 1150. The van der Waals surface area contributed by atoms with Crippen molar-refractivity contribution in [2.24, 2.45) is 5.92 Å². The molecule has 0 atom stereocenters. The molecule has 1 N–H and O–H groups in total. The number of carbonyl (C=O) groups excluding carboxylic acids is 2. The molecule has 0 aliphatic carbocycles. The molecule has 2 aromatic carbocycles. The number of carbonyl (C=O) groups is 2. The van der Waals surface area contributed by atoms with Crippen LogP contribution in [0.2, 0.25) is 5.02 Å². The van der Waals surface area contributed by atoms with Crippen LogP contribution in [0.15, 0.2) is 54.1 Å². The van der Waals surface area contributed by atoms with Crippen molar-refractivity contribution in [1.82, 2.24) is 4.90 Å². The van der Waals surface area contributed by atoms with E-state index in [0.29, 0.717) is 54.7 Å². The van der Waals surface area contributed by atoms with Gasteiger partial charge < -0.3 is 24.4 Å². The van der Waals surface area contributed by atoms with E-state index in [1.54, 1.807) is 41.3 Å². The minimum Gasteiger partial charge on any atom is -0.488 e. The summed E-state index contributed by atoms with van der Waals surface area (Å²) in [6.45, 7) is 1.67. The lowest BCUT2D eigenvalue weighted by Gasteiger charge is -2.30. The van der Waals surface area contributed by atoms with Crippen LogP contribution < -0.4 is 19.5 Å². The first-order valence-electron chi connectivity index (χ1n) is 10.9. The highest BCUT2D eigenvalue weighted by molar-refractivity contribution is 6.30. The number of rotatable bonds is 4. The van der Waals surface area contributed by atoms with Gasteiger partial charge in [0.1, 0.15) is 12.4 Å². The van der Waals surface area contributed by atoms with Gasteiger partial charge in [0.2, 0.25) is 18.6 Å². The zero-order valence-electron chi connectivity index (χ0n) is 17.9. The van der Waals surface area contributed by atoms with Crippen LogP contribution in [0.5, 0.6) is 17.2 Å². The maximum atomic E-state index is 12.7. The molecule has 0 unspecified atom stereocenters. The molecule has 3 aliphatic rings. The monoisotopic (exact) mass is 466 g/mol. The van der Waals surface area contributed by atoms with E-state index in [2.05, 4.69) is 5.32 Å². The molecule has 5 rings (SSSR count). The molecule has 1 fully saturated rings. The Kier molecular flexibility index (Phi) is 5.96. The summed E-state index contributed by atoms with van der Waals surface area (Å²) in [5.74, 6) is 1.84. The molecule has 0 aromatic heterocycles. The SMILES string of the molecule is O=C(Nc1ccc2c(c1)OCO2)C1CCN(C(=O)/C=C\C2=Cc3cc(Cl)ccc3OC2)CC1. The third-order valence-electron chi connectivity index (χ3n) is 5.96. The number of benzene rings is 2. The summed E-state index contributed by atoms with van der Waals surface area (Å²) in [6.07, 6.45) is 6.56. The number of likely N-dealkylation sites (tertiary alicyclic amines) is 1. The molecule has 3 heterocycles. The average Bonchev–Trinajstić information content (AvgIpc) is 3.30. The number of ether oxygens (including phenoxy) is 3. The van der Waals surface area contributed by atoms with Crippen molar-refractivity contribution in [1.29, 1.82) is 0 Å². The summed E-state index contributed by atoms with van der Waals surface area (Å²) in [5, 5.41) is 3.58. The highest BCUT2D eigenvalue weighted by Crippen LogP contribution is 2.34. The van der Waals surface area contributed by atoms with Gasteiger partial charge in [0.05, 0.1) is 0 Å². The number of fused-ring (bicyclic) bond motifs is 2. The molecular formula is C25H23ClN2O5. The van der Waals surface area contributed by atoms with E-state index in [-0.39, 0.29) is 24.5 Å². The molecule has 33 heavy (non-hydrogen) atoms. The average molecular weight is 467 g/mol. The van der Waals surface area contributed by atoms with Gasteiger partial charge in [-0.2, -0.15) is 0 Å². The molecule has 8 heteroatoms. The number of piperidine rings is 1. The first-order valence-corrected chi connectivity index (χ1v) is 11.2. The number of halogens is 1. The van der Waals surface area contributed by atoms with Crippen LogP contribution in [0.1, 0.15) is 18.4 Å². The van der Waals surface area contributed by atoms with Gasteiger partial charge in [0, 0.05) is 47.4 Å². The molecule has 2 amide bonds. The predicted octanol–water partition coefficient (Wildman–Crippen LogP) is 4.28. The Balaban J connectivity index is 1.13. The highest BCUT2D eigenvalue weighted by Gasteiger charge is 2.27. The fourth-order valence-corrected chi connectivity index (χ4v) is 4.31. The Morgan fingerprint density at radius 1 is 1.00 bits per heavy atom. The van der Waals surface area contributed by atoms with E-state index in [0.717, 1.165) is 16.9 Å². The predicted molar refractivity (Wildman–Crippen MR) is 125 cm³/mol. The lowest BCUT2D eigenvalue weighted by atomic mass is 9.95. The first kappa shape index (κ1) is 21.4. The Labute approximate surface area is 196 Å². The Hall–Kier alpha value is -3.45. The zero-order chi connectivity index (χ0) is 22.8. The molecular weight excluding hydrogens is 444 g/mol. The summed E-state index contributed by atoms with van der Waals surface area (Å²) >= 11 is 6.05. The number of nitrogens with one attached hydrogen (secondary N) is 1. The molecule has 7 nitrogen and oxygen atoms in total. The number of hydrogen-bond acceptors (Lipinski definition) is 5. The summed E-state index contributed by atoms with van der Waals surface area (Å²) in [7, 11) is 0. The second-order valence-electron chi connectivity index (χ2n) is 8.18. The highest BCUT2D eigenvalue weighted by atomic mass is 35.5. The van der Waals surface area contributed by atoms with Crippen molar-refractivity contribution in [2.45, 2.75) is 12.8 Å². The van der Waals surface area contributed by atoms with Crippen LogP contribution >= 0.6 is 11.6 Å². The summed E-state index contributed by atoms with van der Waals surface area (Å²) in [6, 6.07) is 10.8. The maximum Gasteiger partial charge on any atom is 0.246 e. The van der Waals surface area contributed by atoms with Crippen LogP contribution in [-0.2, 0) is 9.59 Å². The molecule has 0 spiro atoms. The molecule has 0 bridgehead atoms. The van der Waals surface area contributed by atoms with Crippen LogP contribution in [-0.4, -0.2) is 43.2 Å². The van der Waals surface area contributed by atoms with Crippen LogP contribution in [0.3, 0.4) is 0 Å². The van der Waals surface area contributed by atoms with Gasteiger partial charge in [-0.05, 0) is 54.8 Å². The topological polar surface area (TPSA) is 77.1 Å². The van der Waals surface area contributed by atoms with Crippen molar-refractivity contribution in [2.75, 3.05) is 31.8 Å². The fraction of sp³-hybridized carbons (Fsp3) is 0.280. The molecule has 170 valence electrons. The van der Waals surface area contributed by atoms with Crippen molar-refractivity contribution >= 4 is 35.2 Å². The van der Waals surface area contributed by atoms with E-state index in [9.17, 15) is 9.59 Å². The van der Waals surface area contributed by atoms with Gasteiger partial charge in [0.25, 0.3) is 0 Å². The second kappa shape index (κ2) is 9.19. The van der Waals surface area contributed by atoms with Crippen LogP contribution in [0, 0.1) is 5.92 Å². The van der Waals surface area contributed by atoms with Gasteiger partial charge >= 0.3 is 0 Å². The molecule has 3 aliphatic heterocycles. The van der Waals surface area contributed by atoms with Crippen molar-refractivity contribution in [3.63, 3.8) is 0 Å². The summed E-state index contributed by atoms with van der Waals surface area (Å²) < 4.78 is 16.4. The lowest BCUT2D eigenvalue weighted by molar-refractivity contribution is -0.130. The third kappa shape index (κ3) is 4.83. The van der Waals surface area contributed by atoms with Gasteiger partial charge in [-0.3, -0.25) is 9.59 Å². The fourth-order valence-electron chi connectivity index (χ4n) is 4.13. The lowest BCUT2D eigenvalue weighted by Crippen LogP contribution is -2.40. The van der Waals surface area contributed by atoms with E-state index in [1.165, 1.54) is 0 Å². The summed E-state index contributed by atoms with van der Waals surface area (Å²) in [5.41, 5.74) is 2.47. The zero-order valence-corrected chi connectivity index (χ0v) is 18.6. The molecule has 1 saturated heterocycles.